The van der Waals surface area contributed by atoms with Crippen LogP contribution in [0.5, 0.6) is 0 Å². The number of nitrogens with one attached hydrogen (secondary N) is 1. The Morgan fingerprint density at radius 1 is 0.826 bits per heavy atom. The molecule has 0 saturated heterocycles. The maximum absolute atomic E-state index is 14.6. The Kier molecular flexibility index (Phi) is 11.7. The molecule has 1 atom stereocenters. The van der Waals surface area contributed by atoms with E-state index in [-0.39, 0.29) is 29.7 Å². The van der Waals surface area contributed by atoms with E-state index in [2.05, 4.69) is 5.32 Å². The predicted octanol–water partition coefficient (Wildman–Crippen LogP) is 6.87. The zero-order valence-electron chi connectivity index (χ0n) is 27.0. The zero-order chi connectivity index (χ0) is 33.4. The third-order valence-electron chi connectivity index (χ3n) is 7.93. The first kappa shape index (κ1) is 34.7. The van der Waals surface area contributed by atoms with Gasteiger partial charge in [0.15, 0.2) is 0 Å². The van der Waals surface area contributed by atoms with Crippen molar-refractivity contribution in [3.05, 3.63) is 130 Å². The second-order valence-corrected chi connectivity index (χ2v) is 14.3. The molecule has 0 aliphatic heterocycles. The Morgan fingerprint density at radius 3 is 2.13 bits per heavy atom. The predicted molar refractivity (Wildman–Crippen MR) is 185 cm³/mol. The minimum absolute atomic E-state index is 0.0528. The van der Waals surface area contributed by atoms with Crippen LogP contribution in [0.25, 0.3) is 0 Å². The fourth-order valence-electron chi connectivity index (χ4n) is 5.17. The number of carbonyl (C=O) groups excluding carboxylic acids is 2. The van der Waals surface area contributed by atoms with Crippen molar-refractivity contribution in [2.24, 2.45) is 5.92 Å². The lowest BCUT2D eigenvalue weighted by molar-refractivity contribution is -0.140. The molecule has 0 aliphatic rings. The second kappa shape index (κ2) is 15.4. The second-order valence-electron chi connectivity index (χ2n) is 12.0. The van der Waals surface area contributed by atoms with Crippen LogP contribution in [0.4, 0.5) is 5.69 Å². The van der Waals surface area contributed by atoms with Gasteiger partial charge in [0.05, 0.1) is 10.6 Å². The van der Waals surface area contributed by atoms with Gasteiger partial charge in [-0.2, -0.15) is 0 Å². The highest BCUT2D eigenvalue weighted by atomic mass is 35.5. The maximum atomic E-state index is 14.6. The van der Waals surface area contributed by atoms with Crippen molar-refractivity contribution in [2.45, 2.75) is 58.5 Å². The van der Waals surface area contributed by atoms with E-state index in [1.165, 1.54) is 9.21 Å². The van der Waals surface area contributed by atoms with Crippen LogP contribution >= 0.6 is 11.6 Å². The molecule has 0 spiro atoms. The lowest BCUT2D eigenvalue weighted by atomic mass is 10.0. The van der Waals surface area contributed by atoms with Crippen LogP contribution in [0.1, 0.15) is 41.7 Å². The number of hydrogen-bond acceptors (Lipinski definition) is 4. The SMILES string of the molecule is Cc1ccc(S(=O)(=O)N(CC(=O)N(Cc2cccc(Cl)c2)C(Cc2ccccc2)C(=O)NCC(C)C)c2cccc(C)c2C)cc1. The molecule has 2 amide bonds. The van der Waals surface area contributed by atoms with E-state index < -0.39 is 28.5 Å². The third kappa shape index (κ3) is 8.77. The first-order valence-corrected chi connectivity index (χ1v) is 17.2. The maximum Gasteiger partial charge on any atom is 0.264 e. The van der Waals surface area contributed by atoms with Crippen LogP contribution in [0, 0.1) is 26.7 Å². The molecule has 4 aromatic rings. The summed E-state index contributed by atoms with van der Waals surface area (Å²) in [5, 5.41) is 3.50. The van der Waals surface area contributed by atoms with Crippen LogP contribution in [-0.2, 0) is 32.6 Å². The van der Waals surface area contributed by atoms with Crippen molar-refractivity contribution in [3.8, 4) is 0 Å². The van der Waals surface area contributed by atoms with E-state index in [1.54, 1.807) is 54.6 Å². The number of benzene rings is 4. The Labute approximate surface area is 278 Å². The average molecular weight is 660 g/mol. The summed E-state index contributed by atoms with van der Waals surface area (Å²) < 4.78 is 29.8. The van der Waals surface area contributed by atoms with Gasteiger partial charge in [0, 0.05) is 24.5 Å². The van der Waals surface area contributed by atoms with Crippen molar-refractivity contribution in [3.63, 3.8) is 0 Å². The van der Waals surface area contributed by atoms with E-state index >= 15 is 0 Å². The molecule has 4 aromatic carbocycles. The van der Waals surface area contributed by atoms with Crippen molar-refractivity contribution in [1.82, 2.24) is 10.2 Å². The molecule has 9 heteroatoms. The average Bonchev–Trinajstić information content (AvgIpc) is 3.02. The molecule has 1 N–H and O–H groups in total. The number of aryl methyl sites for hydroxylation is 2. The monoisotopic (exact) mass is 659 g/mol. The Balaban J connectivity index is 1.83. The van der Waals surface area contributed by atoms with Gasteiger partial charge in [-0.15, -0.1) is 0 Å². The molecular weight excluding hydrogens is 618 g/mol. The van der Waals surface area contributed by atoms with Crippen LogP contribution in [0.3, 0.4) is 0 Å². The van der Waals surface area contributed by atoms with E-state index in [1.807, 2.05) is 77.1 Å². The highest BCUT2D eigenvalue weighted by molar-refractivity contribution is 7.92. The summed E-state index contributed by atoms with van der Waals surface area (Å²) in [7, 11) is -4.18. The Morgan fingerprint density at radius 2 is 1.48 bits per heavy atom. The molecule has 0 saturated carbocycles. The Bertz CT molecular complexity index is 1760. The lowest BCUT2D eigenvalue weighted by Crippen LogP contribution is -2.53. The van der Waals surface area contributed by atoms with Gasteiger partial charge >= 0.3 is 0 Å². The van der Waals surface area contributed by atoms with Gasteiger partial charge in [-0.05, 0) is 79.3 Å². The van der Waals surface area contributed by atoms with Gasteiger partial charge in [0.1, 0.15) is 12.6 Å². The Hall–Kier alpha value is -4.14. The molecule has 7 nitrogen and oxygen atoms in total. The zero-order valence-corrected chi connectivity index (χ0v) is 28.6. The molecular formula is C37H42ClN3O4S. The number of hydrogen-bond donors (Lipinski definition) is 1. The van der Waals surface area contributed by atoms with E-state index in [4.69, 9.17) is 11.6 Å². The van der Waals surface area contributed by atoms with E-state index in [0.717, 1.165) is 27.8 Å². The first-order valence-electron chi connectivity index (χ1n) is 15.4. The van der Waals surface area contributed by atoms with Crippen LogP contribution in [-0.4, -0.2) is 44.3 Å². The van der Waals surface area contributed by atoms with Gasteiger partial charge in [0.25, 0.3) is 10.0 Å². The molecule has 242 valence electrons. The number of amides is 2. The van der Waals surface area contributed by atoms with Crippen molar-refractivity contribution < 1.29 is 18.0 Å². The molecule has 0 aromatic heterocycles. The molecule has 4 rings (SSSR count). The van der Waals surface area contributed by atoms with E-state index in [0.29, 0.717) is 17.3 Å². The number of sulfonamides is 1. The molecule has 0 aliphatic carbocycles. The van der Waals surface area contributed by atoms with Gasteiger partial charge < -0.3 is 10.2 Å². The summed E-state index contributed by atoms with van der Waals surface area (Å²) in [4.78, 5) is 30.1. The van der Waals surface area contributed by atoms with Crippen molar-refractivity contribution in [1.29, 1.82) is 0 Å². The normalized spacial score (nSPS) is 12.1. The van der Waals surface area contributed by atoms with E-state index in [9.17, 15) is 18.0 Å². The molecule has 0 fully saturated rings. The lowest BCUT2D eigenvalue weighted by Gasteiger charge is -2.34. The van der Waals surface area contributed by atoms with Crippen molar-refractivity contribution >= 4 is 39.1 Å². The summed E-state index contributed by atoms with van der Waals surface area (Å²) in [6.07, 6.45) is 0.241. The number of nitrogens with zero attached hydrogens (tertiary/aromatic N) is 2. The third-order valence-corrected chi connectivity index (χ3v) is 9.94. The summed E-state index contributed by atoms with van der Waals surface area (Å²) in [6, 6.07) is 27.6. The first-order chi connectivity index (χ1) is 21.9. The minimum Gasteiger partial charge on any atom is -0.354 e. The quantitative estimate of drug-likeness (QED) is 0.170. The standard InChI is InChI=1S/C37H42ClN3O4S/c1-26(2)23-39-37(43)35(22-30-12-7-6-8-13-30)40(24-31-14-10-15-32(38)21-31)36(42)25-41(34-16-9-11-28(4)29(34)5)46(44,45)33-19-17-27(3)18-20-33/h6-21,26,35H,22-25H2,1-5H3,(H,39,43). The van der Waals surface area contributed by atoms with Crippen LogP contribution < -0.4 is 9.62 Å². The summed E-state index contributed by atoms with van der Waals surface area (Å²) in [5.41, 5.74) is 4.53. The molecule has 0 bridgehead atoms. The number of carbonyl (C=O) groups is 2. The molecule has 0 radical (unpaired) electrons. The van der Waals surface area contributed by atoms with Gasteiger partial charge in [0.2, 0.25) is 11.8 Å². The highest BCUT2D eigenvalue weighted by Gasteiger charge is 2.35. The minimum atomic E-state index is -4.18. The number of halogens is 1. The summed E-state index contributed by atoms with van der Waals surface area (Å²) in [6.45, 7) is 9.60. The van der Waals surface area contributed by atoms with Crippen molar-refractivity contribution in [2.75, 3.05) is 17.4 Å². The largest absolute Gasteiger partial charge is 0.354 e. The number of anilines is 1. The van der Waals surface area contributed by atoms with Gasteiger partial charge in [-0.1, -0.05) is 97.7 Å². The topological polar surface area (TPSA) is 86.8 Å². The molecule has 1 unspecified atom stereocenters. The van der Waals surface area contributed by atoms with Gasteiger partial charge in [-0.3, -0.25) is 13.9 Å². The summed E-state index contributed by atoms with van der Waals surface area (Å²) >= 11 is 6.33. The smallest absolute Gasteiger partial charge is 0.264 e. The fraction of sp³-hybridized carbons (Fsp3) is 0.297. The molecule has 46 heavy (non-hydrogen) atoms. The summed E-state index contributed by atoms with van der Waals surface area (Å²) in [5.74, 6) is -0.636. The van der Waals surface area contributed by atoms with Gasteiger partial charge in [-0.25, -0.2) is 8.42 Å². The fourth-order valence-corrected chi connectivity index (χ4v) is 6.85. The number of rotatable bonds is 13. The highest BCUT2D eigenvalue weighted by Crippen LogP contribution is 2.29. The molecule has 0 heterocycles. The van der Waals surface area contributed by atoms with Crippen LogP contribution in [0.2, 0.25) is 5.02 Å². The van der Waals surface area contributed by atoms with Crippen LogP contribution in [0.15, 0.2) is 102 Å².